The first-order chi connectivity index (χ1) is 6.49. The van der Waals surface area contributed by atoms with E-state index in [4.69, 9.17) is 0 Å². The van der Waals surface area contributed by atoms with Gasteiger partial charge in [-0.05, 0) is 25.5 Å². The summed E-state index contributed by atoms with van der Waals surface area (Å²) in [4.78, 5) is 11.4. The number of phenolic OH excluding ortho intramolecular Hbond substituents is 2. The molecule has 76 valence electrons. The number of rotatable bonds is 2. The quantitative estimate of drug-likeness (QED) is 0.561. The van der Waals surface area contributed by atoms with Crippen LogP contribution in [-0.2, 0) is 0 Å². The van der Waals surface area contributed by atoms with Crippen LogP contribution in [0.5, 0.6) is 11.5 Å². The van der Waals surface area contributed by atoms with Crippen molar-refractivity contribution < 1.29 is 15.0 Å². The van der Waals surface area contributed by atoms with Gasteiger partial charge in [0.25, 0.3) is 0 Å². The molecule has 0 radical (unpaired) electrons. The number of ketones is 1. The number of carbonyl (C=O) groups is 1. The summed E-state index contributed by atoms with van der Waals surface area (Å²) in [5, 5.41) is 19.2. The van der Waals surface area contributed by atoms with Gasteiger partial charge < -0.3 is 10.2 Å². The van der Waals surface area contributed by atoms with Crippen LogP contribution in [0.15, 0.2) is 6.07 Å². The monoisotopic (exact) mass is 194 g/mol. The maximum Gasteiger partial charge on any atom is 0.166 e. The van der Waals surface area contributed by atoms with Crippen LogP contribution < -0.4 is 0 Å². The van der Waals surface area contributed by atoms with Gasteiger partial charge in [-0.1, -0.05) is 6.92 Å². The van der Waals surface area contributed by atoms with E-state index >= 15 is 0 Å². The van der Waals surface area contributed by atoms with Crippen LogP contribution in [0.2, 0.25) is 0 Å². The summed E-state index contributed by atoms with van der Waals surface area (Å²) in [6.07, 6.45) is 0.316. The molecule has 0 aliphatic heterocycles. The minimum atomic E-state index is -0.157. The van der Waals surface area contributed by atoms with Crippen molar-refractivity contribution in [2.45, 2.75) is 27.2 Å². The minimum Gasteiger partial charge on any atom is -0.507 e. The van der Waals surface area contributed by atoms with Crippen LogP contribution in [0, 0.1) is 13.8 Å². The predicted octanol–water partition coefficient (Wildman–Crippen LogP) is 2.31. The normalized spacial score (nSPS) is 10.2. The molecule has 1 rings (SSSR count). The third kappa shape index (κ3) is 1.58. The molecule has 1 aromatic rings. The molecule has 0 aromatic heterocycles. The van der Waals surface area contributed by atoms with Crippen LogP contribution in [0.25, 0.3) is 0 Å². The maximum atomic E-state index is 11.4. The highest BCUT2D eigenvalue weighted by Crippen LogP contribution is 2.32. The molecule has 0 saturated heterocycles. The number of Topliss-reactive ketones (excluding diaryl/α,β-unsaturated/α-hetero) is 1. The number of hydrogen-bond acceptors (Lipinski definition) is 3. The Morgan fingerprint density at radius 2 is 1.93 bits per heavy atom. The lowest BCUT2D eigenvalue weighted by Gasteiger charge is -2.10. The van der Waals surface area contributed by atoms with Crippen molar-refractivity contribution in [3.8, 4) is 11.5 Å². The molecule has 1 aromatic carbocycles. The van der Waals surface area contributed by atoms with Crippen LogP contribution in [0.3, 0.4) is 0 Å². The number of carbonyl (C=O) groups excluding carboxylic acids is 1. The molecule has 0 aliphatic rings. The van der Waals surface area contributed by atoms with E-state index in [1.807, 2.05) is 0 Å². The van der Waals surface area contributed by atoms with Gasteiger partial charge in [-0.15, -0.1) is 0 Å². The number of aromatic hydroxyl groups is 2. The van der Waals surface area contributed by atoms with Gasteiger partial charge in [0.1, 0.15) is 11.5 Å². The minimum absolute atomic E-state index is 0.0512. The van der Waals surface area contributed by atoms with E-state index in [9.17, 15) is 15.0 Å². The van der Waals surface area contributed by atoms with Crippen LogP contribution in [0.1, 0.15) is 34.8 Å². The average molecular weight is 194 g/mol. The van der Waals surface area contributed by atoms with E-state index in [-0.39, 0.29) is 22.8 Å². The van der Waals surface area contributed by atoms with Gasteiger partial charge in [0.05, 0.1) is 5.56 Å². The second-order valence-corrected chi connectivity index (χ2v) is 3.34. The molecule has 0 atom stereocenters. The van der Waals surface area contributed by atoms with Crippen LogP contribution in [-0.4, -0.2) is 16.0 Å². The van der Waals surface area contributed by atoms with E-state index in [1.165, 1.54) is 6.07 Å². The smallest absolute Gasteiger partial charge is 0.166 e. The summed E-state index contributed by atoms with van der Waals surface area (Å²) in [6, 6.07) is 1.41. The lowest BCUT2D eigenvalue weighted by molar-refractivity contribution is 0.0984. The average Bonchev–Trinajstić information content (AvgIpc) is 2.14. The van der Waals surface area contributed by atoms with Crippen LogP contribution >= 0.6 is 0 Å². The SMILES string of the molecule is CCC(=O)c1c(O)cc(C)c(O)c1C. The predicted molar refractivity (Wildman–Crippen MR) is 53.9 cm³/mol. The van der Waals surface area contributed by atoms with Crippen molar-refractivity contribution in [1.82, 2.24) is 0 Å². The van der Waals surface area contributed by atoms with Gasteiger partial charge in [-0.3, -0.25) is 4.79 Å². The molecule has 0 fully saturated rings. The molecule has 0 heterocycles. The van der Waals surface area contributed by atoms with Crippen molar-refractivity contribution in [2.75, 3.05) is 0 Å². The zero-order chi connectivity index (χ0) is 10.9. The fraction of sp³-hybridized carbons (Fsp3) is 0.364. The standard InChI is InChI=1S/C11H14O3/c1-4-8(12)10-7(3)11(14)6(2)5-9(10)13/h5,13-14H,4H2,1-3H3. The van der Waals surface area contributed by atoms with E-state index < -0.39 is 0 Å². The molecule has 0 aliphatic carbocycles. The number of phenols is 2. The first-order valence-electron chi connectivity index (χ1n) is 4.54. The fourth-order valence-corrected chi connectivity index (χ4v) is 1.48. The third-order valence-electron chi connectivity index (χ3n) is 2.31. The summed E-state index contributed by atoms with van der Waals surface area (Å²) in [5.41, 5.74) is 1.26. The Kier molecular flexibility index (Phi) is 2.79. The van der Waals surface area contributed by atoms with Gasteiger partial charge in [-0.2, -0.15) is 0 Å². The van der Waals surface area contributed by atoms with Gasteiger partial charge in [-0.25, -0.2) is 0 Å². The van der Waals surface area contributed by atoms with E-state index in [1.54, 1.807) is 20.8 Å². The number of hydrogen-bond donors (Lipinski definition) is 2. The topological polar surface area (TPSA) is 57.5 Å². The highest BCUT2D eigenvalue weighted by Gasteiger charge is 2.16. The second-order valence-electron chi connectivity index (χ2n) is 3.34. The Morgan fingerprint density at radius 1 is 1.36 bits per heavy atom. The van der Waals surface area contributed by atoms with Gasteiger partial charge in [0.15, 0.2) is 5.78 Å². The van der Waals surface area contributed by atoms with E-state index in [0.29, 0.717) is 17.5 Å². The van der Waals surface area contributed by atoms with Gasteiger partial charge in [0, 0.05) is 12.0 Å². The van der Waals surface area contributed by atoms with Crippen molar-refractivity contribution in [1.29, 1.82) is 0 Å². The fourth-order valence-electron chi connectivity index (χ4n) is 1.48. The second kappa shape index (κ2) is 3.70. The molecule has 0 saturated carbocycles. The largest absolute Gasteiger partial charge is 0.507 e. The third-order valence-corrected chi connectivity index (χ3v) is 2.31. The van der Waals surface area contributed by atoms with Gasteiger partial charge in [0.2, 0.25) is 0 Å². The summed E-state index contributed by atoms with van der Waals surface area (Å²) < 4.78 is 0. The lowest BCUT2D eigenvalue weighted by Crippen LogP contribution is -2.01. The molecular formula is C11H14O3. The molecule has 0 amide bonds. The first kappa shape index (κ1) is 10.6. The molecular weight excluding hydrogens is 180 g/mol. The Bertz CT molecular complexity index is 381. The molecule has 14 heavy (non-hydrogen) atoms. The molecule has 3 heteroatoms. The summed E-state index contributed by atoms with van der Waals surface area (Å²) >= 11 is 0. The molecule has 0 spiro atoms. The first-order valence-corrected chi connectivity index (χ1v) is 4.54. The highest BCUT2D eigenvalue weighted by atomic mass is 16.3. The number of aryl methyl sites for hydroxylation is 1. The zero-order valence-corrected chi connectivity index (χ0v) is 8.59. The zero-order valence-electron chi connectivity index (χ0n) is 8.59. The van der Waals surface area contributed by atoms with E-state index in [0.717, 1.165) is 0 Å². The van der Waals surface area contributed by atoms with E-state index in [2.05, 4.69) is 0 Å². The molecule has 2 N–H and O–H groups in total. The molecule has 0 unspecified atom stereocenters. The Balaban J connectivity index is 3.44. The lowest BCUT2D eigenvalue weighted by atomic mass is 9.98. The molecule has 0 bridgehead atoms. The van der Waals surface area contributed by atoms with Crippen LogP contribution in [0.4, 0.5) is 0 Å². The maximum absolute atomic E-state index is 11.4. The summed E-state index contributed by atoms with van der Waals surface area (Å²) in [7, 11) is 0. The van der Waals surface area contributed by atoms with Crippen molar-refractivity contribution in [2.24, 2.45) is 0 Å². The molecule has 3 nitrogen and oxygen atoms in total. The van der Waals surface area contributed by atoms with Crippen molar-refractivity contribution in [3.05, 3.63) is 22.8 Å². The Labute approximate surface area is 83.0 Å². The Hall–Kier alpha value is -1.51. The number of benzene rings is 1. The van der Waals surface area contributed by atoms with Crippen molar-refractivity contribution in [3.63, 3.8) is 0 Å². The highest BCUT2D eigenvalue weighted by molar-refractivity contribution is 6.00. The van der Waals surface area contributed by atoms with Gasteiger partial charge >= 0.3 is 0 Å². The summed E-state index contributed by atoms with van der Waals surface area (Å²) in [5.74, 6) is -0.125. The van der Waals surface area contributed by atoms with Crippen molar-refractivity contribution >= 4 is 5.78 Å². The Morgan fingerprint density at radius 3 is 2.43 bits per heavy atom. The summed E-state index contributed by atoms with van der Waals surface area (Å²) in [6.45, 7) is 5.03.